The fraction of sp³-hybridized carbons (Fsp3) is 0.429. The molecular formula is C7H10N2O4. The summed E-state index contributed by atoms with van der Waals surface area (Å²) in [5, 5.41) is 8.65. The van der Waals surface area contributed by atoms with Crippen molar-refractivity contribution in [3.8, 4) is 0 Å². The highest BCUT2D eigenvalue weighted by atomic mass is 16.5. The Labute approximate surface area is 74.3 Å². The Morgan fingerprint density at radius 2 is 2.62 bits per heavy atom. The summed E-state index contributed by atoms with van der Waals surface area (Å²) in [5.74, 6) is -0.483. The lowest BCUT2D eigenvalue weighted by Gasteiger charge is -1.99. The molecule has 0 unspecified atom stereocenters. The summed E-state index contributed by atoms with van der Waals surface area (Å²) in [6.07, 6.45) is 1.14. The molecule has 0 bridgehead atoms. The molecule has 6 heteroatoms. The number of aliphatic hydroxyl groups excluding tert-OH is 1. The zero-order valence-electron chi connectivity index (χ0n) is 7.06. The van der Waals surface area contributed by atoms with Gasteiger partial charge in [-0.2, -0.15) is 0 Å². The standard InChI is InChI=1S/C7H10N2O4/c1-12-7(11)5-3-13-6(9-5)4(8)2-10/h3-4,10H,2,8H2,1H3/t4-/m0/s1. The third-order valence-electron chi connectivity index (χ3n) is 1.43. The van der Waals surface area contributed by atoms with E-state index in [9.17, 15) is 4.79 Å². The van der Waals surface area contributed by atoms with Crippen molar-refractivity contribution < 1.29 is 19.1 Å². The minimum Gasteiger partial charge on any atom is -0.464 e. The fourth-order valence-corrected chi connectivity index (χ4v) is 0.734. The number of hydrogen-bond acceptors (Lipinski definition) is 6. The molecular weight excluding hydrogens is 176 g/mol. The Morgan fingerprint density at radius 1 is 1.92 bits per heavy atom. The number of carbonyl (C=O) groups excluding carboxylic acids is 1. The van der Waals surface area contributed by atoms with E-state index < -0.39 is 12.0 Å². The van der Waals surface area contributed by atoms with Crippen molar-refractivity contribution in [2.45, 2.75) is 6.04 Å². The van der Waals surface area contributed by atoms with E-state index in [0.29, 0.717) is 0 Å². The summed E-state index contributed by atoms with van der Waals surface area (Å²) >= 11 is 0. The van der Waals surface area contributed by atoms with Crippen molar-refractivity contribution >= 4 is 5.97 Å². The molecule has 0 aliphatic heterocycles. The number of aliphatic hydroxyl groups is 1. The summed E-state index contributed by atoms with van der Waals surface area (Å²) in [7, 11) is 1.24. The van der Waals surface area contributed by atoms with E-state index in [-0.39, 0.29) is 18.2 Å². The van der Waals surface area contributed by atoms with Gasteiger partial charge >= 0.3 is 5.97 Å². The van der Waals surface area contributed by atoms with E-state index in [1.54, 1.807) is 0 Å². The summed E-state index contributed by atoms with van der Waals surface area (Å²) in [6.45, 7) is -0.291. The van der Waals surface area contributed by atoms with Crippen LogP contribution in [0.5, 0.6) is 0 Å². The van der Waals surface area contributed by atoms with Gasteiger partial charge in [0.25, 0.3) is 0 Å². The third-order valence-corrected chi connectivity index (χ3v) is 1.43. The van der Waals surface area contributed by atoms with Crippen molar-refractivity contribution in [1.82, 2.24) is 4.98 Å². The first-order chi connectivity index (χ1) is 6.19. The predicted octanol–water partition coefficient (Wildman–Crippen LogP) is -0.547. The van der Waals surface area contributed by atoms with E-state index in [0.717, 1.165) is 6.26 Å². The second-order valence-corrected chi connectivity index (χ2v) is 2.35. The van der Waals surface area contributed by atoms with Gasteiger partial charge in [0.2, 0.25) is 5.89 Å². The van der Waals surface area contributed by atoms with Crippen LogP contribution in [0.1, 0.15) is 22.4 Å². The lowest BCUT2D eigenvalue weighted by molar-refractivity contribution is 0.0594. The first-order valence-electron chi connectivity index (χ1n) is 3.59. The second-order valence-electron chi connectivity index (χ2n) is 2.35. The Balaban J connectivity index is 2.80. The van der Waals surface area contributed by atoms with Crippen LogP contribution in [0, 0.1) is 0 Å². The van der Waals surface area contributed by atoms with Crippen LogP contribution in [-0.4, -0.2) is 29.8 Å². The SMILES string of the molecule is COC(=O)c1coc([C@@H](N)CO)n1. The molecule has 0 saturated carbocycles. The summed E-state index contributed by atoms with van der Waals surface area (Å²) < 4.78 is 9.24. The van der Waals surface area contributed by atoms with Crippen molar-refractivity contribution in [3.63, 3.8) is 0 Å². The highest BCUT2D eigenvalue weighted by Crippen LogP contribution is 2.09. The molecule has 0 aromatic carbocycles. The minimum atomic E-state index is -0.710. The number of hydrogen-bond donors (Lipinski definition) is 2. The van der Waals surface area contributed by atoms with Crippen LogP contribution < -0.4 is 5.73 Å². The van der Waals surface area contributed by atoms with E-state index >= 15 is 0 Å². The molecule has 1 atom stereocenters. The van der Waals surface area contributed by atoms with Crippen LogP contribution in [0.25, 0.3) is 0 Å². The molecule has 0 aliphatic carbocycles. The molecule has 13 heavy (non-hydrogen) atoms. The molecule has 3 N–H and O–H groups in total. The molecule has 72 valence electrons. The lowest BCUT2D eigenvalue weighted by atomic mass is 10.3. The van der Waals surface area contributed by atoms with E-state index in [1.165, 1.54) is 7.11 Å². The van der Waals surface area contributed by atoms with Gasteiger partial charge in [0.05, 0.1) is 13.7 Å². The van der Waals surface area contributed by atoms with Crippen LogP contribution in [0.2, 0.25) is 0 Å². The van der Waals surface area contributed by atoms with Crippen molar-refractivity contribution in [2.75, 3.05) is 13.7 Å². The average Bonchev–Trinajstić information content (AvgIpc) is 2.64. The summed E-state index contributed by atoms with van der Waals surface area (Å²) in [4.78, 5) is 14.6. The summed E-state index contributed by atoms with van der Waals surface area (Å²) in [6, 6.07) is -0.710. The minimum absolute atomic E-state index is 0.0430. The Morgan fingerprint density at radius 3 is 3.15 bits per heavy atom. The van der Waals surface area contributed by atoms with Gasteiger partial charge in [-0.15, -0.1) is 0 Å². The molecule has 0 saturated heterocycles. The zero-order valence-corrected chi connectivity index (χ0v) is 7.06. The fourth-order valence-electron chi connectivity index (χ4n) is 0.734. The lowest BCUT2D eigenvalue weighted by Crippen LogP contribution is -2.15. The average molecular weight is 186 g/mol. The van der Waals surface area contributed by atoms with Gasteiger partial charge < -0.3 is 20.0 Å². The second kappa shape index (κ2) is 4.01. The maximum absolute atomic E-state index is 10.9. The van der Waals surface area contributed by atoms with Gasteiger partial charge in [0, 0.05) is 0 Å². The number of methoxy groups -OCH3 is 1. The number of nitrogens with zero attached hydrogens (tertiary/aromatic N) is 1. The molecule has 0 fully saturated rings. The van der Waals surface area contributed by atoms with Gasteiger partial charge in [-0.05, 0) is 0 Å². The van der Waals surface area contributed by atoms with Gasteiger partial charge in [-0.1, -0.05) is 0 Å². The highest BCUT2D eigenvalue weighted by molar-refractivity contribution is 5.86. The molecule has 1 heterocycles. The molecule has 0 amide bonds. The first-order valence-corrected chi connectivity index (χ1v) is 3.59. The van der Waals surface area contributed by atoms with Crippen LogP contribution >= 0.6 is 0 Å². The number of esters is 1. The third kappa shape index (κ3) is 2.04. The first kappa shape index (κ1) is 9.69. The molecule has 0 aliphatic rings. The maximum Gasteiger partial charge on any atom is 0.360 e. The van der Waals surface area contributed by atoms with Crippen molar-refractivity contribution in [3.05, 3.63) is 17.8 Å². The normalized spacial score (nSPS) is 12.5. The molecule has 0 radical (unpaired) electrons. The van der Waals surface area contributed by atoms with Crippen LogP contribution in [0.4, 0.5) is 0 Å². The number of rotatable bonds is 3. The number of oxazole rings is 1. The van der Waals surface area contributed by atoms with Crippen molar-refractivity contribution in [2.24, 2.45) is 5.73 Å². The van der Waals surface area contributed by atoms with Gasteiger partial charge in [0.1, 0.15) is 12.3 Å². The molecule has 6 nitrogen and oxygen atoms in total. The number of carbonyl (C=O) groups is 1. The molecule has 1 aromatic rings. The number of nitrogens with two attached hydrogens (primary N) is 1. The molecule has 1 rings (SSSR count). The van der Waals surface area contributed by atoms with Crippen molar-refractivity contribution in [1.29, 1.82) is 0 Å². The number of ether oxygens (including phenoxy) is 1. The quantitative estimate of drug-likeness (QED) is 0.615. The predicted molar refractivity (Wildman–Crippen MR) is 41.9 cm³/mol. The van der Waals surface area contributed by atoms with E-state index in [4.69, 9.17) is 15.3 Å². The van der Waals surface area contributed by atoms with Gasteiger partial charge in [-0.25, -0.2) is 9.78 Å². The number of aromatic nitrogens is 1. The maximum atomic E-state index is 10.9. The van der Waals surface area contributed by atoms with Crippen LogP contribution in [0.15, 0.2) is 10.7 Å². The van der Waals surface area contributed by atoms with Gasteiger partial charge in [-0.3, -0.25) is 0 Å². The Bertz CT molecular complexity index is 296. The zero-order chi connectivity index (χ0) is 9.84. The molecule has 1 aromatic heterocycles. The highest BCUT2D eigenvalue weighted by Gasteiger charge is 2.16. The molecule has 0 spiro atoms. The Kier molecular flexibility index (Phi) is 2.99. The van der Waals surface area contributed by atoms with E-state index in [2.05, 4.69) is 9.72 Å². The Hall–Kier alpha value is -1.40. The van der Waals surface area contributed by atoms with Crippen LogP contribution in [0.3, 0.4) is 0 Å². The monoisotopic (exact) mass is 186 g/mol. The topological polar surface area (TPSA) is 98.6 Å². The van der Waals surface area contributed by atoms with E-state index in [1.807, 2.05) is 0 Å². The summed E-state index contributed by atoms with van der Waals surface area (Å²) in [5.41, 5.74) is 5.43. The van der Waals surface area contributed by atoms with Crippen LogP contribution in [-0.2, 0) is 4.74 Å². The largest absolute Gasteiger partial charge is 0.464 e. The van der Waals surface area contributed by atoms with Gasteiger partial charge in [0.15, 0.2) is 5.69 Å². The smallest absolute Gasteiger partial charge is 0.360 e.